The number of nitrogens with one attached hydrogen (secondary N) is 3. The topological polar surface area (TPSA) is 79.0 Å². The smallest absolute Gasteiger partial charge is 0.237 e. The second kappa shape index (κ2) is 5.09. The number of amides is 1. The highest BCUT2D eigenvalue weighted by Crippen LogP contribution is 2.09. The molecular formula is C10H16N4O2. The summed E-state index contributed by atoms with van der Waals surface area (Å²) in [4.78, 5) is 11.7. The van der Waals surface area contributed by atoms with Crippen molar-refractivity contribution >= 4 is 5.91 Å². The molecular weight excluding hydrogens is 208 g/mol. The molecule has 2 atom stereocenters. The number of carbonyl (C=O) groups is 1. The van der Waals surface area contributed by atoms with Crippen molar-refractivity contribution in [1.82, 2.24) is 20.8 Å². The van der Waals surface area contributed by atoms with Gasteiger partial charge in [0.25, 0.3) is 0 Å². The lowest BCUT2D eigenvalue weighted by molar-refractivity contribution is -0.123. The van der Waals surface area contributed by atoms with Crippen LogP contribution < -0.4 is 10.6 Å². The standard InChI is InChI=1S/C10H16N4O2/c1-16-8-2-9(11-6-8)10(15)12-3-7-4-13-14-5-7/h4-5,8-9,11H,2-3,6H2,1H3,(H,12,15)(H,13,14). The Balaban J connectivity index is 1.76. The zero-order valence-electron chi connectivity index (χ0n) is 9.19. The molecule has 0 aromatic carbocycles. The van der Waals surface area contributed by atoms with Gasteiger partial charge in [-0.25, -0.2) is 0 Å². The third-order valence-corrected chi connectivity index (χ3v) is 2.76. The Bertz CT molecular complexity index is 339. The Labute approximate surface area is 93.8 Å². The maximum Gasteiger partial charge on any atom is 0.237 e. The van der Waals surface area contributed by atoms with Crippen molar-refractivity contribution in [3.63, 3.8) is 0 Å². The van der Waals surface area contributed by atoms with E-state index in [0.29, 0.717) is 6.54 Å². The van der Waals surface area contributed by atoms with E-state index in [1.165, 1.54) is 0 Å². The predicted molar refractivity (Wildman–Crippen MR) is 57.6 cm³/mol. The molecule has 1 aliphatic heterocycles. The van der Waals surface area contributed by atoms with Gasteiger partial charge in [-0.1, -0.05) is 0 Å². The first-order valence-electron chi connectivity index (χ1n) is 5.31. The van der Waals surface area contributed by atoms with Crippen molar-refractivity contribution in [2.45, 2.75) is 25.1 Å². The van der Waals surface area contributed by atoms with E-state index in [2.05, 4.69) is 20.8 Å². The van der Waals surface area contributed by atoms with Crippen LogP contribution in [0, 0.1) is 0 Å². The van der Waals surface area contributed by atoms with Gasteiger partial charge in [0.2, 0.25) is 5.91 Å². The minimum Gasteiger partial charge on any atom is -0.380 e. The number of hydrogen-bond donors (Lipinski definition) is 3. The van der Waals surface area contributed by atoms with E-state index in [-0.39, 0.29) is 18.1 Å². The second-order valence-electron chi connectivity index (χ2n) is 3.88. The first-order chi connectivity index (χ1) is 7.79. The highest BCUT2D eigenvalue weighted by molar-refractivity contribution is 5.82. The quantitative estimate of drug-likeness (QED) is 0.638. The van der Waals surface area contributed by atoms with Gasteiger partial charge in [-0.2, -0.15) is 5.10 Å². The molecule has 0 saturated carbocycles. The molecule has 6 heteroatoms. The molecule has 0 bridgehead atoms. The van der Waals surface area contributed by atoms with Crippen LogP contribution in [-0.2, 0) is 16.1 Å². The molecule has 6 nitrogen and oxygen atoms in total. The molecule has 0 radical (unpaired) electrons. The molecule has 3 N–H and O–H groups in total. The predicted octanol–water partition coefficient (Wildman–Crippen LogP) is -0.597. The van der Waals surface area contributed by atoms with Gasteiger partial charge in [0.05, 0.1) is 18.3 Å². The number of methoxy groups -OCH3 is 1. The van der Waals surface area contributed by atoms with E-state index in [0.717, 1.165) is 18.5 Å². The molecule has 1 fully saturated rings. The Morgan fingerprint density at radius 1 is 1.75 bits per heavy atom. The minimum absolute atomic E-state index is 0.0146. The normalized spacial score (nSPS) is 24.6. The summed E-state index contributed by atoms with van der Waals surface area (Å²) in [6.07, 6.45) is 4.33. The van der Waals surface area contributed by atoms with Crippen LogP contribution in [0.25, 0.3) is 0 Å². The number of rotatable bonds is 4. The fourth-order valence-electron chi connectivity index (χ4n) is 1.77. The highest BCUT2D eigenvalue weighted by atomic mass is 16.5. The van der Waals surface area contributed by atoms with E-state index >= 15 is 0 Å². The van der Waals surface area contributed by atoms with E-state index < -0.39 is 0 Å². The summed E-state index contributed by atoms with van der Waals surface area (Å²) < 4.78 is 5.18. The molecule has 0 spiro atoms. The van der Waals surface area contributed by atoms with Crippen LogP contribution in [0.1, 0.15) is 12.0 Å². The summed E-state index contributed by atoms with van der Waals surface area (Å²) in [5, 5.41) is 12.5. The fraction of sp³-hybridized carbons (Fsp3) is 0.600. The summed E-state index contributed by atoms with van der Waals surface area (Å²) >= 11 is 0. The van der Waals surface area contributed by atoms with E-state index in [4.69, 9.17) is 4.74 Å². The highest BCUT2D eigenvalue weighted by Gasteiger charge is 2.28. The van der Waals surface area contributed by atoms with Crippen molar-refractivity contribution < 1.29 is 9.53 Å². The zero-order valence-corrected chi connectivity index (χ0v) is 9.19. The molecule has 2 heterocycles. The van der Waals surface area contributed by atoms with Crippen molar-refractivity contribution in [3.05, 3.63) is 18.0 Å². The van der Waals surface area contributed by atoms with Gasteiger partial charge in [-0.05, 0) is 6.42 Å². The van der Waals surface area contributed by atoms with Gasteiger partial charge in [-0.3, -0.25) is 9.89 Å². The molecule has 2 unspecified atom stereocenters. The van der Waals surface area contributed by atoms with E-state index in [1.54, 1.807) is 19.5 Å². The SMILES string of the molecule is COC1CNC(C(=O)NCc2cn[nH]c2)C1. The molecule has 1 aromatic rings. The van der Waals surface area contributed by atoms with Crippen molar-refractivity contribution in [3.8, 4) is 0 Å². The maximum atomic E-state index is 11.7. The van der Waals surface area contributed by atoms with Crippen molar-refractivity contribution in [2.75, 3.05) is 13.7 Å². The first kappa shape index (κ1) is 11.1. The lowest BCUT2D eigenvalue weighted by Crippen LogP contribution is -2.39. The van der Waals surface area contributed by atoms with Crippen molar-refractivity contribution in [1.29, 1.82) is 0 Å². The zero-order chi connectivity index (χ0) is 11.4. The third-order valence-electron chi connectivity index (χ3n) is 2.76. The van der Waals surface area contributed by atoms with Gasteiger partial charge < -0.3 is 15.4 Å². The monoisotopic (exact) mass is 224 g/mol. The summed E-state index contributed by atoms with van der Waals surface area (Å²) in [7, 11) is 1.66. The number of H-pyrrole nitrogens is 1. The van der Waals surface area contributed by atoms with Gasteiger partial charge in [-0.15, -0.1) is 0 Å². The van der Waals surface area contributed by atoms with E-state index in [1.807, 2.05) is 0 Å². The molecule has 1 aliphatic rings. The third kappa shape index (κ3) is 2.59. The van der Waals surface area contributed by atoms with Crippen LogP contribution in [0.15, 0.2) is 12.4 Å². The number of aromatic amines is 1. The molecule has 1 saturated heterocycles. The summed E-state index contributed by atoms with van der Waals surface area (Å²) in [6.45, 7) is 1.24. The number of aromatic nitrogens is 2. The Morgan fingerprint density at radius 3 is 3.25 bits per heavy atom. The lowest BCUT2D eigenvalue weighted by Gasteiger charge is -2.10. The number of carbonyl (C=O) groups excluding carboxylic acids is 1. The molecule has 2 rings (SSSR count). The Hall–Kier alpha value is -1.40. The van der Waals surface area contributed by atoms with Gasteiger partial charge in [0, 0.05) is 32.0 Å². The average Bonchev–Trinajstić information content (AvgIpc) is 2.96. The number of ether oxygens (including phenoxy) is 1. The van der Waals surface area contributed by atoms with Gasteiger partial charge in [0.15, 0.2) is 0 Å². The fourth-order valence-corrected chi connectivity index (χ4v) is 1.77. The van der Waals surface area contributed by atoms with Gasteiger partial charge in [0.1, 0.15) is 0 Å². The molecule has 88 valence electrons. The number of hydrogen-bond acceptors (Lipinski definition) is 4. The minimum atomic E-state index is -0.142. The van der Waals surface area contributed by atoms with Crippen LogP contribution in [0.4, 0.5) is 0 Å². The largest absolute Gasteiger partial charge is 0.380 e. The van der Waals surface area contributed by atoms with Crippen molar-refractivity contribution in [2.24, 2.45) is 0 Å². The second-order valence-corrected chi connectivity index (χ2v) is 3.88. The summed E-state index contributed by atoms with van der Waals surface area (Å²) in [6, 6.07) is -0.142. The Morgan fingerprint density at radius 2 is 2.62 bits per heavy atom. The van der Waals surface area contributed by atoms with Crippen LogP contribution >= 0.6 is 0 Å². The van der Waals surface area contributed by atoms with E-state index in [9.17, 15) is 4.79 Å². The summed E-state index contributed by atoms with van der Waals surface area (Å²) in [5.41, 5.74) is 0.967. The number of nitrogens with zero attached hydrogens (tertiary/aromatic N) is 1. The van der Waals surface area contributed by atoms with Crippen LogP contribution in [0.3, 0.4) is 0 Å². The molecule has 1 aromatic heterocycles. The van der Waals surface area contributed by atoms with Gasteiger partial charge >= 0.3 is 0 Å². The molecule has 1 amide bonds. The first-order valence-corrected chi connectivity index (χ1v) is 5.31. The Kier molecular flexibility index (Phi) is 3.53. The van der Waals surface area contributed by atoms with Crippen LogP contribution in [0.5, 0.6) is 0 Å². The molecule has 0 aliphatic carbocycles. The average molecular weight is 224 g/mol. The maximum absolute atomic E-state index is 11.7. The molecule has 16 heavy (non-hydrogen) atoms. The van der Waals surface area contributed by atoms with Crippen LogP contribution in [0.2, 0.25) is 0 Å². The van der Waals surface area contributed by atoms with Crippen LogP contribution in [-0.4, -0.2) is 41.9 Å². The lowest BCUT2D eigenvalue weighted by atomic mass is 10.2. The summed E-state index contributed by atoms with van der Waals surface area (Å²) in [5.74, 6) is 0.0146.